The second kappa shape index (κ2) is 2.88. The predicted octanol–water partition coefficient (Wildman–Crippen LogP) is 2.98. The first-order chi connectivity index (χ1) is 5.92. The van der Waals surface area contributed by atoms with Crippen LogP contribution in [0.5, 0.6) is 0 Å². The van der Waals surface area contributed by atoms with Crippen molar-refractivity contribution in [3.63, 3.8) is 0 Å². The summed E-state index contributed by atoms with van der Waals surface area (Å²) in [4.78, 5) is 2.84. The Bertz CT molecular complexity index is 339. The van der Waals surface area contributed by atoms with E-state index in [1.807, 2.05) is 18.2 Å². The van der Waals surface area contributed by atoms with E-state index in [4.69, 9.17) is 5.53 Å². The smallest absolute Gasteiger partial charge is 0.0631 e. The number of hydrogen-bond donors (Lipinski definition) is 0. The van der Waals surface area contributed by atoms with E-state index in [2.05, 4.69) is 16.1 Å². The summed E-state index contributed by atoms with van der Waals surface area (Å²) < 4.78 is 0. The minimum atomic E-state index is 0.0752. The van der Waals surface area contributed by atoms with Gasteiger partial charge in [-0.3, -0.25) is 0 Å². The zero-order valence-electron chi connectivity index (χ0n) is 6.64. The first-order valence-electron chi connectivity index (χ1n) is 4.04. The monoisotopic (exact) mass is 159 g/mol. The maximum absolute atomic E-state index is 8.31. The number of hydrogen-bond acceptors (Lipinski definition) is 1. The van der Waals surface area contributed by atoms with Crippen LogP contribution in [0.1, 0.15) is 23.6 Å². The molecule has 0 N–H and O–H groups in total. The Balaban J connectivity index is 2.42. The quantitative estimate of drug-likeness (QED) is 0.343. The van der Waals surface area contributed by atoms with Crippen LogP contribution in [-0.4, -0.2) is 0 Å². The molecular formula is C9H9N3. The van der Waals surface area contributed by atoms with Crippen molar-refractivity contribution in [3.05, 3.63) is 45.8 Å². The Morgan fingerprint density at radius 1 is 1.42 bits per heavy atom. The second-order valence-corrected chi connectivity index (χ2v) is 2.96. The fourth-order valence-corrected chi connectivity index (χ4v) is 1.72. The molecule has 0 amide bonds. The molecule has 0 saturated heterocycles. The third-order valence-electron chi connectivity index (χ3n) is 2.29. The molecule has 0 aliphatic heterocycles. The molecule has 1 aliphatic carbocycles. The van der Waals surface area contributed by atoms with Crippen LogP contribution in [0, 0.1) is 0 Å². The summed E-state index contributed by atoms with van der Waals surface area (Å²) in [6.45, 7) is 0. The average molecular weight is 159 g/mol. The molecule has 2 rings (SSSR count). The van der Waals surface area contributed by atoms with Crippen molar-refractivity contribution in [2.75, 3.05) is 0 Å². The van der Waals surface area contributed by atoms with Gasteiger partial charge in [0.2, 0.25) is 0 Å². The number of aryl methyl sites for hydroxylation is 1. The van der Waals surface area contributed by atoms with E-state index in [1.165, 1.54) is 11.1 Å². The van der Waals surface area contributed by atoms with Crippen molar-refractivity contribution >= 4 is 0 Å². The molecule has 0 spiro atoms. The van der Waals surface area contributed by atoms with Gasteiger partial charge in [0.1, 0.15) is 0 Å². The highest BCUT2D eigenvalue weighted by atomic mass is 15.1. The summed E-state index contributed by atoms with van der Waals surface area (Å²) in [7, 11) is 0. The van der Waals surface area contributed by atoms with Crippen molar-refractivity contribution in [3.8, 4) is 0 Å². The van der Waals surface area contributed by atoms with Crippen LogP contribution >= 0.6 is 0 Å². The van der Waals surface area contributed by atoms with Gasteiger partial charge in [-0.1, -0.05) is 29.4 Å². The van der Waals surface area contributed by atoms with Gasteiger partial charge in [-0.25, -0.2) is 0 Å². The number of fused-ring (bicyclic) bond motifs is 1. The van der Waals surface area contributed by atoms with Gasteiger partial charge in [-0.05, 0) is 29.5 Å². The van der Waals surface area contributed by atoms with E-state index in [0.717, 1.165) is 12.8 Å². The highest BCUT2D eigenvalue weighted by Crippen LogP contribution is 2.33. The Kier molecular flexibility index (Phi) is 1.72. The molecule has 1 aromatic carbocycles. The van der Waals surface area contributed by atoms with Crippen molar-refractivity contribution in [2.24, 2.45) is 5.11 Å². The largest absolute Gasteiger partial charge is 0.0859 e. The summed E-state index contributed by atoms with van der Waals surface area (Å²) in [6.07, 6.45) is 2.00. The standard InChI is InChI=1S/C9H9N3/c10-12-11-9-6-5-7-3-1-2-4-8(7)9/h1-4,9H,5-6H2/t9-/m0/s1. The van der Waals surface area contributed by atoms with Gasteiger partial charge in [0, 0.05) is 4.91 Å². The highest BCUT2D eigenvalue weighted by Gasteiger charge is 2.19. The number of nitrogens with zero attached hydrogens (tertiary/aromatic N) is 3. The van der Waals surface area contributed by atoms with Gasteiger partial charge in [0.25, 0.3) is 0 Å². The molecule has 0 unspecified atom stereocenters. The third kappa shape index (κ3) is 1.04. The Hall–Kier alpha value is -1.47. The fourth-order valence-electron chi connectivity index (χ4n) is 1.72. The van der Waals surface area contributed by atoms with Crippen LogP contribution < -0.4 is 0 Å². The van der Waals surface area contributed by atoms with E-state index in [-0.39, 0.29) is 6.04 Å². The zero-order valence-corrected chi connectivity index (χ0v) is 6.64. The van der Waals surface area contributed by atoms with Gasteiger partial charge in [-0.2, -0.15) is 0 Å². The molecule has 60 valence electrons. The first kappa shape index (κ1) is 7.19. The van der Waals surface area contributed by atoms with Crippen molar-refractivity contribution < 1.29 is 0 Å². The molecule has 0 heterocycles. The molecule has 0 saturated carbocycles. The van der Waals surface area contributed by atoms with Gasteiger partial charge < -0.3 is 0 Å². The van der Waals surface area contributed by atoms with Crippen molar-refractivity contribution in [1.82, 2.24) is 0 Å². The third-order valence-corrected chi connectivity index (χ3v) is 2.29. The maximum atomic E-state index is 8.31. The van der Waals surface area contributed by atoms with E-state index >= 15 is 0 Å². The zero-order chi connectivity index (χ0) is 8.39. The Morgan fingerprint density at radius 2 is 2.25 bits per heavy atom. The molecule has 1 atom stereocenters. The topological polar surface area (TPSA) is 48.8 Å². The van der Waals surface area contributed by atoms with Crippen molar-refractivity contribution in [2.45, 2.75) is 18.9 Å². The summed E-state index contributed by atoms with van der Waals surface area (Å²) in [5, 5.41) is 3.75. The lowest BCUT2D eigenvalue weighted by molar-refractivity contribution is 0.707. The molecule has 0 radical (unpaired) electrons. The Morgan fingerprint density at radius 3 is 3.08 bits per heavy atom. The van der Waals surface area contributed by atoms with E-state index in [1.54, 1.807) is 0 Å². The first-order valence-corrected chi connectivity index (χ1v) is 4.04. The predicted molar refractivity (Wildman–Crippen MR) is 46.7 cm³/mol. The highest BCUT2D eigenvalue weighted by molar-refractivity contribution is 5.34. The lowest BCUT2D eigenvalue weighted by atomic mass is 10.1. The van der Waals surface area contributed by atoms with Crippen LogP contribution in [0.3, 0.4) is 0 Å². The minimum absolute atomic E-state index is 0.0752. The van der Waals surface area contributed by atoms with Gasteiger partial charge in [0.15, 0.2) is 0 Å². The lowest BCUT2D eigenvalue weighted by Gasteiger charge is -2.01. The van der Waals surface area contributed by atoms with Crippen LogP contribution in [-0.2, 0) is 6.42 Å². The second-order valence-electron chi connectivity index (χ2n) is 2.96. The van der Waals surface area contributed by atoms with Gasteiger partial charge in [0.05, 0.1) is 6.04 Å². The van der Waals surface area contributed by atoms with E-state index in [9.17, 15) is 0 Å². The van der Waals surface area contributed by atoms with E-state index in [0.29, 0.717) is 0 Å². The summed E-state index contributed by atoms with van der Waals surface area (Å²) >= 11 is 0. The van der Waals surface area contributed by atoms with E-state index < -0.39 is 0 Å². The van der Waals surface area contributed by atoms with Crippen LogP contribution in [0.15, 0.2) is 29.4 Å². The molecule has 1 aliphatic rings. The number of azide groups is 1. The molecular weight excluding hydrogens is 150 g/mol. The molecule has 12 heavy (non-hydrogen) atoms. The van der Waals surface area contributed by atoms with Crippen LogP contribution in [0.25, 0.3) is 10.4 Å². The van der Waals surface area contributed by atoms with Crippen LogP contribution in [0.4, 0.5) is 0 Å². The SMILES string of the molecule is [N-]=[N+]=N[C@H]1CCc2ccccc21. The number of benzene rings is 1. The lowest BCUT2D eigenvalue weighted by Crippen LogP contribution is -1.85. The summed E-state index contributed by atoms with van der Waals surface area (Å²) in [5.41, 5.74) is 10.8. The summed E-state index contributed by atoms with van der Waals surface area (Å²) in [5.74, 6) is 0. The molecule has 1 aromatic rings. The van der Waals surface area contributed by atoms with Crippen molar-refractivity contribution in [1.29, 1.82) is 0 Å². The minimum Gasteiger partial charge on any atom is -0.0859 e. The molecule has 0 aromatic heterocycles. The summed E-state index contributed by atoms with van der Waals surface area (Å²) in [6, 6.07) is 8.23. The van der Waals surface area contributed by atoms with Gasteiger partial charge >= 0.3 is 0 Å². The average Bonchev–Trinajstić information content (AvgIpc) is 2.50. The normalized spacial score (nSPS) is 19.8. The fraction of sp³-hybridized carbons (Fsp3) is 0.333. The Labute approximate surface area is 70.7 Å². The molecule has 3 nitrogen and oxygen atoms in total. The number of rotatable bonds is 1. The van der Waals surface area contributed by atoms with Crippen LogP contribution in [0.2, 0.25) is 0 Å². The maximum Gasteiger partial charge on any atom is 0.0631 e. The molecule has 0 bridgehead atoms. The molecule has 0 fully saturated rings. The molecule has 3 heteroatoms. The van der Waals surface area contributed by atoms with Gasteiger partial charge in [-0.15, -0.1) is 0 Å².